The first-order chi connectivity index (χ1) is 7.18. The molecule has 3 nitrogen and oxygen atoms in total. The fourth-order valence-electron chi connectivity index (χ4n) is 2.47. The van der Waals surface area contributed by atoms with Gasteiger partial charge in [-0.25, -0.2) is 0 Å². The second-order valence-corrected chi connectivity index (χ2v) is 5.24. The van der Waals surface area contributed by atoms with E-state index in [1.54, 1.807) is 0 Å². The van der Waals surface area contributed by atoms with Gasteiger partial charge in [0.1, 0.15) is 0 Å². The van der Waals surface area contributed by atoms with Gasteiger partial charge < -0.3 is 10.2 Å². The van der Waals surface area contributed by atoms with Crippen molar-refractivity contribution < 1.29 is 4.79 Å². The van der Waals surface area contributed by atoms with Crippen molar-refractivity contribution in [2.75, 3.05) is 26.7 Å². The van der Waals surface area contributed by atoms with Gasteiger partial charge in [-0.2, -0.15) is 0 Å². The molecule has 2 rings (SSSR count). The van der Waals surface area contributed by atoms with Crippen LogP contribution in [0.4, 0.5) is 0 Å². The second-order valence-electron chi connectivity index (χ2n) is 5.24. The fraction of sp³-hybridized carbons (Fsp3) is 0.917. The minimum absolute atomic E-state index is 0.234. The van der Waals surface area contributed by atoms with Crippen molar-refractivity contribution in [1.82, 2.24) is 10.2 Å². The average molecular weight is 210 g/mol. The Labute approximate surface area is 92.2 Å². The van der Waals surface area contributed by atoms with Gasteiger partial charge in [0.05, 0.1) is 5.92 Å². The van der Waals surface area contributed by atoms with Crippen LogP contribution in [-0.2, 0) is 4.79 Å². The third kappa shape index (κ3) is 2.71. The van der Waals surface area contributed by atoms with Gasteiger partial charge in [0.25, 0.3) is 0 Å². The summed E-state index contributed by atoms with van der Waals surface area (Å²) in [5.74, 6) is 2.19. The molecular formula is C12H22N2O. The third-order valence-electron chi connectivity index (χ3n) is 3.81. The maximum atomic E-state index is 12.1. The summed E-state index contributed by atoms with van der Waals surface area (Å²) in [7, 11) is 1.96. The highest BCUT2D eigenvalue weighted by Gasteiger charge is 2.35. The molecule has 1 heterocycles. The SMILES string of the molecule is CC1CC1CN(C)C(=O)[C@H]1CCCNC1. The third-order valence-corrected chi connectivity index (χ3v) is 3.81. The predicted octanol–water partition coefficient (Wildman–Crippen LogP) is 1.10. The molecule has 1 aliphatic heterocycles. The van der Waals surface area contributed by atoms with Crippen molar-refractivity contribution in [3.63, 3.8) is 0 Å². The zero-order chi connectivity index (χ0) is 10.8. The maximum Gasteiger partial charge on any atom is 0.226 e. The van der Waals surface area contributed by atoms with Crippen LogP contribution in [0.2, 0.25) is 0 Å². The molecule has 1 amide bonds. The summed E-state index contributed by atoms with van der Waals surface area (Å²) < 4.78 is 0. The van der Waals surface area contributed by atoms with Crippen LogP contribution in [0.25, 0.3) is 0 Å². The number of nitrogens with zero attached hydrogens (tertiary/aromatic N) is 1. The molecule has 86 valence electrons. The summed E-state index contributed by atoms with van der Waals surface area (Å²) in [5.41, 5.74) is 0. The molecule has 1 saturated carbocycles. The van der Waals surface area contributed by atoms with E-state index in [2.05, 4.69) is 12.2 Å². The smallest absolute Gasteiger partial charge is 0.226 e. The summed E-state index contributed by atoms with van der Waals surface area (Å²) in [5, 5.41) is 3.30. The zero-order valence-electron chi connectivity index (χ0n) is 9.83. The Morgan fingerprint density at radius 2 is 2.27 bits per heavy atom. The Hall–Kier alpha value is -0.570. The van der Waals surface area contributed by atoms with Crippen LogP contribution in [0.3, 0.4) is 0 Å². The van der Waals surface area contributed by atoms with E-state index >= 15 is 0 Å². The van der Waals surface area contributed by atoms with E-state index in [9.17, 15) is 4.79 Å². The first-order valence-corrected chi connectivity index (χ1v) is 6.14. The molecule has 0 bridgehead atoms. The highest BCUT2D eigenvalue weighted by Crippen LogP contribution is 2.38. The van der Waals surface area contributed by atoms with Crippen LogP contribution in [0, 0.1) is 17.8 Å². The Balaban J connectivity index is 1.78. The molecule has 0 aromatic carbocycles. The van der Waals surface area contributed by atoms with Crippen LogP contribution < -0.4 is 5.32 Å². The summed E-state index contributed by atoms with van der Waals surface area (Å²) in [6, 6.07) is 0. The predicted molar refractivity (Wildman–Crippen MR) is 60.5 cm³/mol. The topological polar surface area (TPSA) is 32.3 Å². The van der Waals surface area contributed by atoms with Crippen molar-refractivity contribution in [3.05, 3.63) is 0 Å². The van der Waals surface area contributed by atoms with Gasteiger partial charge in [-0.1, -0.05) is 6.92 Å². The van der Waals surface area contributed by atoms with Gasteiger partial charge in [-0.3, -0.25) is 4.79 Å². The molecule has 1 aliphatic carbocycles. The molecule has 0 aromatic heterocycles. The van der Waals surface area contributed by atoms with E-state index in [1.807, 2.05) is 11.9 Å². The average Bonchev–Trinajstić information content (AvgIpc) is 2.94. The van der Waals surface area contributed by atoms with Crippen LogP contribution >= 0.6 is 0 Å². The number of carbonyl (C=O) groups excluding carboxylic acids is 1. The van der Waals surface area contributed by atoms with Crippen molar-refractivity contribution in [2.24, 2.45) is 17.8 Å². The first kappa shape index (κ1) is 10.9. The molecule has 0 spiro atoms. The number of rotatable bonds is 3. The van der Waals surface area contributed by atoms with Crippen molar-refractivity contribution >= 4 is 5.91 Å². The van der Waals surface area contributed by atoms with Crippen LogP contribution in [0.1, 0.15) is 26.2 Å². The highest BCUT2D eigenvalue weighted by molar-refractivity contribution is 5.79. The lowest BCUT2D eigenvalue weighted by molar-refractivity contribution is -0.134. The van der Waals surface area contributed by atoms with Gasteiger partial charge in [0, 0.05) is 20.1 Å². The van der Waals surface area contributed by atoms with Gasteiger partial charge in [0.2, 0.25) is 5.91 Å². The molecule has 15 heavy (non-hydrogen) atoms. The summed E-state index contributed by atoms with van der Waals surface area (Å²) >= 11 is 0. The molecule has 3 atom stereocenters. The van der Waals surface area contributed by atoms with E-state index < -0.39 is 0 Å². The lowest BCUT2D eigenvalue weighted by Crippen LogP contribution is -2.42. The molecule has 0 aromatic rings. The Bertz CT molecular complexity index is 236. The maximum absolute atomic E-state index is 12.1. The molecule has 2 fully saturated rings. The molecule has 1 N–H and O–H groups in total. The Kier molecular flexibility index (Phi) is 3.29. The van der Waals surface area contributed by atoms with Gasteiger partial charge in [0.15, 0.2) is 0 Å². The Morgan fingerprint density at radius 3 is 2.80 bits per heavy atom. The fourth-order valence-corrected chi connectivity index (χ4v) is 2.47. The number of nitrogens with one attached hydrogen (secondary N) is 1. The first-order valence-electron chi connectivity index (χ1n) is 6.14. The van der Waals surface area contributed by atoms with Crippen molar-refractivity contribution in [2.45, 2.75) is 26.2 Å². The number of hydrogen-bond acceptors (Lipinski definition) is 2. The monoisotopic (exact) mass is 210 g/mol. The van der Waals surface area contributed by atoms with E-state index in [4.69, 9.17) is 0 Å². The summed E-state index contributed by atoms with van der Waals surface area (Å²) in [6.45, 7) is 5.19. The number of amides is 1. The second kappa shape index (κ2) is 4.52. The highest BCUT2D eigenvalue weighted by atomic mass is 16.2. The number of carbonyl (C=O) groups is 1. The molecular weight excluding hydrogens is 188 g/mol. The van der Waals surface area contributed by atoms with E-state index in [-0.39, 0.29) is 5.92 Å². The van der Waals surface area contributed by atoms with Crippen LogP contribution in [0.5, 0.6) is 0 Å². The van der Waals surface area contributed by atoms with Crippen LogP contribution in [0.15, 0.2) is 0 Å². The largest absolute Gasteiger partial charge is 0.345 e. The van der Waals surface area contributed by atoms with Crippen molar-refractivity contribution in [3.8, 4) is 0 Å². The summed E-state index contributed by atoms with van der Waals surface area (Å²) in [6.07, 6.45) is 3.51. The van der Waals surface area contributed by atoms with Crippen molar-refractivity contribution in [1.29, 1.82) is 0 Å². The van der Waals surface area contributed by atoms with E-state index in [0.717, 1.165) is 44.3 Å². The molecule has 2 aliphatic rings. The lowest BCUT2D eigenvalue weighted by Gasteiger charge is -2.27. The normalized spacial score (nSPS) is 34.9. The van der Waals surface area contributed by atoms with Gasteiger partial charge >= 0.3 is 0 Å². The Morgan fingerprint density at radius 1 is 1.53 bits per heavy atom. The van der Waals surface area contributed by atoms with Gasteiger partial charge in [-0.15, -0.1) is 0 Å². The lowest BCUT2D eigenvalue weighted by atomic mass is 9.98. The van der Waals surface area contributed by atoms with E-state index in [1.165, 1.54) is 6.42 Å². The zero-order valence-corrected chi connectivity index (χ0v) is 9.83. The number of piperidine rings is 1. The van der Waals surface area contributed by atoms with Crippen LogP contribution in [-0.4, -0.2) is 37.5 Å². The molecule has 3 heteroatoms. The van der Waals surface area contributed by atoms with E-state index in [0.29, 0.717) is 5.91 Å². The standard InChI is InChI=1S/C12H22N2O/c1-9-6-11(9)8-14(2)12(15)10-4-3-5-13-7-10/h9-11,13H,3-8H2,1-2H3/t9?,10-,11?/m0/s1. The minimum atomic E-state index is 0.234. The van der Waals surface area contributed by atoms with Gasteiger partial charge in [-0.05, 0) is 37.6 Å². The molecule has 1 saturated heterocycles. The molecule has 2 unspecified atom stereocenters. The summed E-state index contributed by atoms with van der Waals surface area (Å²) in [4.78, 5) is 14.0. The molecule has 0 radical (unpaired) electrons. The number of hydrogen-bond donors (Lipinski definition) is 1. The quantitative estimate of drug-likeness (QED) is 0.756. The minimum Gasteiger partial charge on any atom is -0.345 e.